The van der Waals surface area contributed by atoms with Crippen LogP contribution in [0.5, 0.6) is 0 Å². The highest BCUT2D eigenvalue weighted by molar-refractivity contribution is 5.77. The molecule has 5 nitrogen and oxygen atoms in total. The number of carbonyl (C=O) groups excluding carboxylic acids is 1. The van der Waals surface area contributed by atoms with E-state index in [0.29, 0.717) is 13.2 Å². The third-order valence-corrected chi connectivity index (χ3v) is 3.07. The first-order chi connectivity index (χ1) is 7.86. The van der Waals surface area contributed by atoms with Crippen molar-refractivity contribution in [2.75, 3.05) is 45.9 Å². The Morgan fingerprint density at radius 1 is 1.12 bits per heavy atom. The van der Waals surface area contributed by atoms with Gasteiger partial charge in [0.15, 0.2) is 0 Å². The van der Waals surface area contributed by atoms with Crippen LogP contribution in [-0.4, -0.2) is 61.7 Å². The fraction of sp³-hybridized carbons (Fsp3) is 0.909. The SMILES string of the molecule is O=C(CN1CCCNCC1)N1CCCCO1. The maximum absolute atomic E-state index is 11.9. The third-order valence-electron chi connectivity index (χ3n) is 3.07. The van der Waals surface area contributed by atoms with Gasteiger partial charge in [-0.05, 0) is 32.4 Å². The molecule has 2 fully saturated rings. The molecule has 2 aliphatic heterocycles. The van der Waals surface area contributed by atoms with E-state index in [1.54, 1.807) is 5.06 Å². The van der Waals surface area contributed by atoms with Crippen molar-refractivity contribution in [1.82, 2.24) is 15.3 Å². The molecule has 1 amide bonds. The number of rotatable bonds is 2. The van der Waals surface area contributed by atoms with Crippen LogP contribution in [0.15, 0.2) is 0 Å². The van der Waals surface area contributed by atoms with Gasteiger partial charge in [-0.15, -0.1) is 0 Å². The predicted octanol–water partition coefficient (Wildman–Crippen LogP) is -0.164. The first kappa shape index (κ1) is 11.8. The minimum Gasteiger partial charge on any atom is -0.315 e. The van der Waals surface area contributed by atoms with Crippen LogP contribution in [0.4, 0.5) is 0 Å². The van der Waals surface area contributed by atoms with Crippen molar-refractivity contribution >= 4 is 5.91 Å². The highest BCUT2D eigenvalue weighted by Gasteiger charge is 2.20. The second-order valence-corrected chi connectivity index (χ2v) is 4.42. The first-order valence-corrected chi connectivity index (χ1v) is 6.22. The zero-order chi connectivity index (χ0) is 11.2. The Morgan fingerprint density at radius 3 is 2.88 bits per heavy atom. The minimum absolute atomic E-state index is 0.113. The highest BCUT2D eigenvalue weighted by atomic mass is 16.7. The van der Waals surface area contributed by atoms with Crippen LogP contribution >= 0.6 is 0 Å². The fourth-order valence-corrected chi connectivity index (χ4v) is 2.12. The lowest BCUT2D eigenvalue weighted by Gasteiger charge is -2.28. The van der Waals surface area contributed by atoms with Gasteiger partial charge in [-0.3, -0.25) is 14.5 Å². The van der Waals surface area contributed by atoms with Gasteiger partial charge in [-0.25, -0.2) is 5.06 Å². The summed E-state index contributed by atoms with van der Waals surface area (Å²) >= 11 is 0. The molecule has 0 radical (unpaired) electrons. The molecule has 0 spiro atoms. The van der Waals surface area contributed by atoms with E-state index in [1.807, 2.05) is 0 Å². The molecule has 0 aromatic rings. The molecule has 92 valence electrons. The van der Waals surface area contributed by atoms with E-state index in [9.17, 15) is 4.79 Å². The molecule has 0 aliphatic carbocycles. The van der Waals surface area contributed by atoms with Gasteiger partial charge >= 0.3 is 0 Å². The lowest BCUT2D eigenvalue weighted by Crippen LogP contribution is -2.43. The van der Waals surface area contributed by atoms with Crippen molar-refractivity contribution in [3.8, 4) is 0 Å². The van der Waals surface area contributed by atoms with Gasteiger partial charge in [0.25, 0.3) is 5.91 Å². The standard InChI is InChI=1S/C11H21N3O2/c15-11(14-7-1-2-9-16-14)10-13-6-3-4-12-5-8-13/h12H,1-10H2. The molecule has 0 bridgehead atoms. The van der Waals surface area contributed by atoms with Crippen LogP contribution in [0.25, 0.3) is 0 Å². The Hall–Kier alpha value is -0.650. The van der Waals surface area contributed by atoms with Crippen LogP contribution < -0.4 is 5.32 Å². The summed E-state index contributed by atoms with van der Waals surface area (Å²) in [7, 11) is 0. The molecule has 0 unspecified atom stereocenters. The second kappa shape index (κ2) is 6.18. The topological polar surface area (TPSA) is 44.8 Å². The van der Waals surface area contributed by atoms with Gasteiger partial charge in [-0.2, -0.15) is 0 Å². The van der Waals surface area contributed by atoms with Crippen molar-refractivity contribution in [3.05, 3.63) is 0 Å². The van der Waals surface area contributed by atoms with Crippen LogP contribution in [0.3, 0.4) is 0 Å². The van der Waals surface area contributed by atoms with E-state index in [-0.39, 0.29) is 5.91 Å². The highest BCUT2D eigenvalue weighted by Crippen LogP contribution is 2.07. The molecule has 0 saturated carbocycles. The Kier molecular flexibility index (Phi) is 4.56. The van der Waals surface area contributed by atoms with E-state index in [0.717, 1.165) is 52.0 Å². The van der Waals surface area contributed by atoms with Crippen LogP contribution in [0, 0.1) is 0 Å². The smallest absolute Gasteiger partial charge is 0.260 e. The van der Waals surface area contributed by atoms with Gasteiger partial charge in [0.1, 0.15) is 0 Å². The Labute approximate surface area is 96.7 Å². The second-order valence-electron chi connectivity index (χ2n) is 4.42. The number of hydrogen-bond acceptors (Lipinski definition) is 4. The monoisotopic (exact) mass is 227 g/mol. The summed E-state index contributed by atoms with van der Waals surface area (Å²) in [5.41, 5.74) is 0. The largest absolute Gasteiger partial charge is 0.315 e. The lowest BCUT2D eigenvalue weighted by molar-refractivity contribution is -0.197. The van der Waals surface area contributed by atoms with Crippen molar-refractivity contribution in [2.45, 2.75) is 19.3 Å². The van der Waals surface area contributed by atoms with Crippen molar-refractivity contribution in [2.24, 2.45) is 0 Å². The molecule has 16 heavy (non-hydrogen) atoms. The van der Waals surface area contributed by atoms with Gasteiger partial charge < -0.3 is 5.32 Å². The zero-order valence-electron chi connectivity index (χ0n) is 9.78. The minimum atomic E-state index is 0.113. The number of nitrogens with zero attached hydrogens (tertiary/aromatic N) is 2. The van der Waals surface area contributed by atoms with Crippen molar-refractivity contribution in [1.29, 1.82) is 0 Å². The molecule has 0 atom stereocenters. The fourth-order valence-electron chi connectivity index (χ4n) is 2.12. The summed E-state index contributed by atoms with van der Waals surface area (Å²) in [6.07, 6.45) is 3.25. The molecular formula is C11H21N3O2. The predicted molar refractivity (Wildman–Crippen MR) is 60.8 cm³/mol. The summed E-state index contributed by atoms with van der Waals surface area (Å²) in [4.78, 5) is 19.5. The molecular weight excluding hydrogens is 206 g/mol. The quantitative estimate of drug-likeness (QED) is 0.712. The molecule has 0 aromatic heterocycles. The number of hydroxylamine groups is 2. The molecule has 2 heterocycles. The van der Waals surface area contributed by atoms with Gasteiger partial charge in [0.05, 0.1) is 13.2 Å². The molecule has 2 aliphatic rings. The van der Waals surface area contributed by atoms with Crippen LogP contribution in [-0.2, 0) is 9.63 Å². The number of amides is 1. The maximum Gasteiger partial charge on any atom is 0.260 e. The summed E-state index contributed by atoms with van der Waals surface area (Å²) in [5, 5.41) is 4.88. The van der Waals surface area contributed by atoms with E-state index in [4.69, 9.17) is 4.84 Å². The van der Waals surface area contributed by atoms with Crippen LogP contribution in [0.1, 0.15) is 19.3 Å². The maximum atomic E-state index is 11.9. The van der Waals surface area contributed by atoms with E-state index in [1.165, 1.54) is 0 Å². The van der Waals surface area contributed by atoms with Crippen molar-refractivity contribution in [3.63, 3.8) is 0 Å². The average Bonchev–Trinajstić information content (AvgIpc) is 2.59. The van der Waals surface area contributed by atoms with Gasteiger partial charge in [0, 0.05) is 19.6 Å². The summed E-state index contributed by atoms with van der Waals surface area (Å²) in [6, 6.07) is 0. The normalized spacial score (nSPS) is 24.1. The van der Waals surface area contributed by atoms with E-state index >= 15 is 0 Å². The number of nitrogens with one attached hydrogen (secondary N) is 1. The molecule has 5 heteroatoms. The summed E-state index contributed by atoms with van der Waals surface area (Å²) in [6.45, 7) is 5.95. The van der Waals surface area contributed by atoms with E-state index < -0.39 is 0 Å². The van der Waals surface area contributed by atoms with Crippen LogP contribution in [0.2, 0.25) is 0 Å². The van der Waals surface area contributed by atoms with Crippen molar-refractivity contribution < 1.29 is 9.63 Å². The average molecular weight is 227 g/mol. The number of hydrogen-bond donors (Lipinski definition) is 1. The lowest BCUT2D eigenvalue weighted by atomic mass is 10.3. The molecule has 1 N–H and O–H groups in total. The number of carbonyl (C=O) groups is 1. The molecule has 0 aromatic carbocycles. The Balaban J connectivity index is 1.76. The third kappa shape index (κ3) is 3.43. The summed E-state index contributed by atoms with van der Waals surface area (Å²) in [5.74, 6) is 0.113. The van der Waals surface area contributed by atoms with Gasteiger partial charge in [0.2, 0.25) is 0 Å². The zero-order valence-corrected chi connectivity index (χ0v) is 9.78. The van der Waals surface area contributed by atoms with Gasteiger partial charge in [-0.1, -0.05) is 0 Å². The summed E-state index contributed by atoms with van der Waals surface area (Å²) < 4.78 is 0. The molecule has 2 rings (SSSR count). The van der Waals surface area contributed by atoms with E-state index in [2.05, 4.69) is 10.2 Å². The Morgan fingerprint density at radius 2 is 2.06 bits per heavy atom. The molecule has 2 saturated heterocycles. The first-order valence-electron chi connectivity index (χ1n) is 6.22. The Bertz CT molecular complexity index is 221.